The molecule has 128 valence electrons. The van der Waals surface area contributed by atoms with E-state index < -0.39 is 11.6 Å². The Bertz CT molecular complexity index is 791. The Hall–Kier alpha value is -2.94. The number of Topliss-reactive ketones (excluding diaryl/α,β-unsaturated/α-hetero) is 1. The second-order valence-electron chi connectivity index (χ2n) is 6.66. The molecule has 0 atom stereocenters. The van der Waals surface area contributed by atoms with E-state index in [9.17, 15) is 9.59 Å². The molecule has 0 aromatic heterocycles. The number of rotatable bonds is 5. The van der Waals surface area contributed by atoms with E-state index in [0.29, 0.717) is 11.1 Å². The van der Waals surface area contributed by atoms with Gasteiger partial charge in [0.1, 0.15) is 5.60 Å². The van der Waals surface area contributed by atoms with Crippen LogP contribution in [0.3, 0.4) is 0 Å². The lowest BCUT2D eigenvalue weighted by Crippen LogP contribution is -2.22. The molecule has 0 radical (unpaired) electrons. The molecule has 0 spiro atoms. The smallest absolute Gasteiger partial charge is 0.331 e. The van der Waals surface area contributed by atoms with Crippen molar-refractivity contribution in [3.05, 3.63) is 83.9 Å². The molecule has 0 heterocycles. The van der Waals surface area contributed by atoms with Gasteiger partial charge in [0.15, 0.2) is 5.78 Å². The molecule has 25 heavy (non-hydrogen) atoms. The maximum Gasteiger partial charge on any atom is 0.331 e. The Kier molecular flexibility index (Phi) is 5.71. The molecular weight excluding hydrogens is 312 g/mol. The summed E-state index contributed by atoms with van der Waals surface area (Å²) in [7, 11) is 0. The van der Waals surface area contributed by atoms with Gasteiger partial charge in [-0.25, -0.2) is 4.79 Å². The third-order valence-corrected chi connectivity index (χ3v) is 3.39. The van der Waals surface area contributed by atoms with Crippen LogP contribution in [0.5, 0.6) is 0 Å². The standard InChI is InChI=1S/C22H22O3/c1-16(18-8-6-5-7-9-18)21(24)19-13-10-17(11-14-19)12-15-20(23)25-22(2,3)4/h5-15H,1H2,2-4H3/b15-12+. The van der Waals surface area contributed by atoms with Crippen LogP contribution >= 0.6 is 0 Å². The van der Waals surface area contributed by atoms with Gasteiger partial charge in [0, 0.05) is 17.2 Å². The Morgan fingerprint density at radius 2 is 1.52 bits per heavy atom. The van der Waals surface area contributed by atoms with Gasteiger partial charge in [-0.15, -0.1) is 0 Å². The zero-order valence-corrected chi connectivity index (χ0v) is 14.8. The maximum absolute atomic E-state index is 12.5. The van der Waals surface area contributed by atoms with Crippen LogP contribution in [0, 0.1) is 0 Å². The molecule has 2 rings (SSSR count). The third-order valence-electron chi connectivity index (χ3n) is 3.39. The molecule has 0 saturated heterocycles. The molecule has 3 heteroatoms. The first-order chi connectivity index (χ1) is 11.8. The number of esters is 1. The van der Waals surface area contributed by atoms with Gasteiger partial charge in [-0.1, -0.05) is 61.2 Å². The fourth-order valence-electron chi connectivity index (χ4n) is 2.19. The lowest BCUT2D eigenvalue weighted by molar-refractivity contribution is -0.148. The lowest BCUT2D eigenvalue weighted by Gasteiger charge is -2.17. The average Bonchev–Trinajstić information content (AvgIpc) is 2.58. The summed E-state index contributed by atoms with van der Waals surface area (Å²) in [5, 5.41) is 0. The van der Waals surface area contributed by atoms with Crippen LogP contribution in [0.4, 0.5) is 0 Å². The molecule has 0 N–H and O–H groups in total. The molecule has 0 saturated carbocycles. The summed E-state index contributed by atoms with van der Waals surface area (Å²) in [5.74, 6) is -0.515. The summed E-state index contributed by atoms with van der Waals surface area (Å²) >= 11 is 0. The van der Waals surface area contributed by atoms with Gasteiger partial charge in [-0.05, 0) is 38.0 Å². The molecular formula is C22H22O3. The SMILES string of the molecule is C=C(C(=O)c1ccc(/C=C/C(=O)OC(C)(C)C)cc1)c1ccccc1. The van der Waals surface area contributed by atoms with Gasteiger partial charge in [0.05, 0.1) is 0 Å². The molecule has 2 aromatic carbocycles. The van der Waals surface area contributed by atoms with E-state index in [1.807, 2.05) is 51.1 Å². The zero-order chi connectivity index (χ0) is 18.4. The highest BCUT2D eigenvalue weighted by molar-refractivity contribution is 6.28. The van der Waals surface area contributed by atoms with E-state index in [1.165, 1.54) is 6.08 Å². The Morgan fingerprint density at radius 3 is 2.08 bits per heavy atom. The van der Waals surface area contributed by atoms with Crippen molar-refractivity contribution < 1.29 is 14.3 Å². The highest BCUT2D eigenvalue weighted by Gasteiger charge is 2.14. The topological polar surface area (TPSA) is 43.4 Å². The van der Waals surface area contributed by atoms with Gasteiger partial charge in [-0.3, -0.25) is 4.79 Å². The van der Waals surface area contributed by atoms with Crippen LogP contribution in [-0.2, 0) is 9.53 Å². The maximum atomic E-state index is 12.5. The summed E-state index contributed by atoms with van der Waals surface area (Å²) in [4.78, 5) is 24.2. The molecule has 0 bridgehead atoms. The largest absolute Gasteiger partial charge is 0.457 e. The summed E-state index contributed by atoms with van der Waals surface area (Å²) < 4.78 is 5.21. The molecule has 0 aliphatic rings. The quantitative estimate of drug-likeness (QED) is 0.442. The number of ketones is 1. The first kappa shape index (κ1) is 18.4. The van der Waals surface area contributed by atoms with Crippen molar-refractivity contribution >= 4 is 23.4 Å². The number of carbonyl (C=O) groups is 2. The number of hydrogen-bond acceptors (Lipinski definition) is 3. The van der Waals surface area contributed by atoms with Gasteiger partial charge < -0.3 is 4.74 Å². The van der Waals surface area contributed by atoms with E-state index in [2.05, 4.69) is 6.58 Å². The van der Waals surface area contributed by atoms with Crippen molar-refractivity contribution in [2.45, 2.75) is 26.4 Å². The number of ether oxygens (including phenoxy) is 1. The Morgan fingerprint density at radius 1 is 0.920 bits per heavy atom. The lowest BCUT2D eigenvalue weighted by atomic mass is 9.97. The number of hydrogen-bond donors (Lipinski definition) is 0. The first-order valence-electron chi connectivity index (χ1n) is 8.06. The van der Waals surface area contributed by atoms with Crippen LogP contribution in [-0.4, -0.2) is 17.4 Å². The minimum atomic E-state index is -0.518. The minimum absolute atomic E-state index is 0.117. The fraction of sp³-hybridized carbons (Fsp3) is 0.182. The van der Waals surface area contributed by atoms with Crippen molar-refractivity contribution in [3.63, 3.8) is 0 Å². The molecule has 0 unspecified atom stereocenters. The second kappa shape index (κ2) is 7.75. The number of allylic oxidation sites excluding steroid dienone is 1. The predicted octanol–water partition coefficient (Wildman–Crippen LogP) is 4.94. The van der Waals surface area contributed by atoms with E-state index >= 15 is 0 Å². The fourth-order valence-corrected chi connectivity index (χ4v) is 2.19. The van der Waals surface area contributed by atoms with E-state index in [0.717, 1.165) is 11.1 Å². The van der Waals surface area contributed by atoms with Crippen molar-refractivity contribution in [1.82, 2.24) is 0 Å². The van der Waals surface area contributed by atoms with Crippen molar-refractivity contribution in [3.8, 4) is 0 Å². The van der Waals surface area contributed by atoms with Gasteiger partial charge in [0.2, 0.25) is 0 Å². The monoisotopic (exact) mass is 334 g/mol. The van der Waals surface area contributed by atoms with Crippen LogP contribution in [0.2, 0.25) is 0 Å². The van der Waals surface area contributed by atoms with Crippen molar-refractivity contribution in [2.24, 2.45) is 0 Å². The highest BCUT2D eigenvalue weighted by atomic mass is 16.6. The molecule has 2 aromatic rings. The van der Waals surface area contributed by atoms with Gasteiger partial charge in [-0.2, -0.15) is 0 Å². The highest BCUT2D eigenvalue weighted by Crippen LogP contribution is 2.18. The van der Waals surface area contributed by atoms with Crippen molar-refractivity contribution in [1.29, 1.82) is 0 Å². The van der Waals surface area contributed by atoms with Crippen LogP contribution in [0.15, 0.2) is 67.3 Å². The molecule has 0 aliphatic heterocycles. The molecule has 3 nitrogen and oxygen atoms in total. The molecule has 0 amide bonds. The number of carbonyl (C=O) groups excluding carboxylic acids is 2. The Labute approximate surface area is 148 Å². The normalized spacial score (nSPS) is 11.3. The Balaban J connectivity index is 2.06. The summed E-state index contributed by atoms with van der Waals surface area (Å²) in [6, 6.07) is 16.4. The minimum Gasteiger partial charge on any atom is -0.457 e. The van der Waals surface area contributed by atoms with Gasteiger partial charge >= 0.3 is 5.97 Å². The van der Waals surface area contributed by atoms with Crippen LogP contribution < -0.4 is 0 Å². The second-order valence-corrected chi connectivity index (χ2v) is 6.66. The summed E-state index contributed by atoms with van der Waals surface area (Å²) in [5.41, 5.74) is 2.12. The van der Waals surface area contributed by atoms with Crippen LogP contribution in [0.1, 0.15) is 42.3 Å². The summed E-state index contributed by atoms with van der Waals surface area (Å²) in [6.07, 6.45) is 3.04. The van der Waals surface area contributed by atoms with E-state index in [4.69, 9.17) is 4.74 Å². The van der Waals surface area contributed by atoms with Gasteiger partial charge in [0.25, 0.3) is 0 Å². The average molecular weight is 334 g/mol. The third kappa shape index (κ3) is 5.57. The predicted molar refractivity (Wildman–Crippen MR) is 101 cm³/mol. The van der Waals surface area contributed by atoms with E-state index in [1.54, 1.807) is 30.3 Å². The number of benzene rings is 2. The molecule has 0 fully saturated rings. The van der Waals surface area contributed by atoms with Crippen LogP contribution in [0.25, 0.3) is 11.6 Å². The summed E-state index contributed by atoms with van der Waals surface area (Å²) in [6.45, 7) is 9.35. The first-order valence-corrected chi connectivity index (χ1v) is 8.06. The molecule has 0 aliphatic carbocycles. The van der Waals surface area contributed by atoms with Crippen molar-refractivity contribution in [2.75, 3.05) is 0 Å². The zero-order valence-electron chi connectivity index (χ0n) is 14.8. The van der Waals surface area contributed by atoms with E-state index in [-0.39, 0.29) is 5.78 Å².